The molecular formula is C21H21ClN4O2. The average molecular weight is 397 g/mol. The standard InChI is InChI=1S/C21H21ClN4O2/c1-13(2)28-19-10-5-4-8-17(19)24-20(27)18-11-12-23-21(26-18)25-16-9-6-7-15(22)14(16)3/h4-13H,1-3H3,(H,24,27)(H,23,25,26). The minimum Gasteiger partial charge on any atom is -0.489 e. The third-order valence-corrected chi connectivity index (χ3v) is 4.31. The zero-order valence-corrected chi connectivity index (χ0v) is 16.6. The molecule has 1 aromatic heterocycles. The predicted molar refractivity (Wildman–Crippen MR) is 112 cm³/mol. The molecule has 1 amide bonds. The molecule has 3 rings (SSSR count). The van der Waals surface area contributed by atoms with Crippen LogP contribution in [0.1, 0.15) is 29.9 Å². The number of nitrogens with zero attached hydrogens (tertiary/aromatic N) is 2. The van der Waals surface area contributed by atoms with Crippen LogP contribution in [0.5, 0.6) is 5.75 Å². The van der Waals surface area contributed by atoms with E-state index in [-0.39, 0.29) is 17.7 Å². The van der Waals surface area contributed by atoms with Gasteiger partial charge in [-0.1, -0.05) is 29.8 Å². The Morgan fingerprint density at radius 1 is 1.07 bits per heavy atom. The topological polar surface area (TPSA) is 76.1 Å². The van der Waals surface area contributed by atoms with Gasteiger partial charge in [-0.25, -0.2) is 9.97 Å². The molecule has 7 heteroatoms. The molecule has 6 nitrogen and oxygen atoms in total. The Balaban J connectivity index is 1.79. The Hall–Kier alpha value is -3.12. The Labute approximate surface area is 168 Å². The molecule has 2 N–H and O–H groups in total. The van der Waals surface area contributed by atoms with Crippen molar-refractivity contribution in [2.75, 3.05) is 10.6 Å². The van der Waals surface area contributed by atoms with E-state index < -0.39 is 0 Å². The van der Waals surface area contributed by atoms with Crippen molar-refractivity contribution in [3.8, 4) is 5.75 Å². The number of halogens is 1. The van der Waals surface area contributed by atoms with E-state index in [1.807, 2.05) is 57.2 Å². The largest absolute Gasteiger partial charge is 0.489 e. The first-order valence-electron chi connectivity index (χ1n) is 8.86. The molecule has 3 aromatic rings. The third-order valence-electron chi connectivity index (χ3n) is 3.90. The molecule has 1 heterocycles. The molecule has 28 heavy (non-hydrogen) atoms. The van der Waals surface area contributed by atoms with Gasteiger partial charge in [0.25, 0.3) is 5.91 Å². The Bertz CT molecular complexity index is 992. The van der Waals surface area contributed by atoms with Crippen LogP contribution in [0.2, 0.25) is 5.02 Å². The Kier molecular flexibility index (Phi) is 6.11. The maximum absolute atomic E-state index is 12.7. The van der Waals surface area contributed by atoms with Crippen molar-refractivity contribution >= 4 is 34.8 Å². The number of hydrogen-bond donors (Lipinski definition) is 2. The highest BCUT2D eigenvalue weighted by Crippen LogP contribution is 2.26. The van der Waals surface area contributed by atoms with Crippen LogP contribution in [-0.2, 0) is 0 Å². The Morgan fingerprint density at radius 2 is 1.82 bits per heavy atom. The number of nitrogens with one attached hydrogen (secondary N) is 2. The minimum absolute atomic E-state index is 0.00570. The summed E-state index contributed by atoms with van der Waals surface area (Å²) in [6.07, 6.45) is 1.52. The second-order valence-electron chi connectivity index (χ2n) is 6.42. The number of hydrogen-bond acceptors (Lipinski definition) is 5. The molecule has 0 unspecified atom stereocenters. The zero-order valence-electron chi connectivity index (χ0n) is 15.9. The smallest absolute Gasteiger partial charge is 0.274 e. The highest BCUT2D eigenvalue weighted by Gasteiger charge is 2.13. The predicted octanol–water partition coefficient (Wildman–Crippen LogP) is 5.22. The van der Waals surface area contributed by atoms with Gasteiger partial charge in [0.05, 0.1) is 11.8 Å². The zero-order chi connectivity index (χ0) is 20.1. The van der Waals surface area contributed by atoms with Gasteiger partial charge >= 0.3 is 0 Å². The molecule has 144 valence electrons. The van der Waals surface area contributed by atoms with Gasteiger partial charge in [0.1, 0.15) is 11.4 Å². The number of anilines is 3. The first kappa shape index (κ1) is 19.6. The summed E-state index contributed by atoms with van der Waals surface area (Å²) < 4.78 is 5.74. The number of ether oxygens (including phenoxy) is 1. The summed E-state index contributed by atoms with van der Waals surface area (Å²) in [5.74, 6) is 0.561. The van der Waals surface area contributed by atoms with Crippen LogP contribution in [0, 0.1) is 6.92 Å². The molecule has 0 saturated carbocycles. The van der Waals surface area contributed by atoms with Crippen LogP contribution in [0.25, 0.3) is 0 Å². The molecule has 0 atom stereocenters. The van der Waals surface area contributed by atoms with E-state index in [2.05, 4.69) is 20.6 Å². The summed E-state index contributed by atoms with van der Waals surface area (Å²) >= 11 is 6.15. The fourth-order valence-corrected chi connectivity index (χ4v) is 2.70. The summed E-state index contributed by atoms with van der Waals surface area (Å²) in [4.78, 5) is 21.2. The van der Waals surface area contributed by atoms with Gasteiger partial charge in [-0.15, -0.1) is 0 Å². The van der Waals surface area contributed by atoms with Crippen molar-refractivity contribution < 1.29 is 9.53 Å². The molecule has 2 aromatic carbocycles. The molecule has 0 aliphatic heterocycles. The van der Waals surface area contributed by atoms with E-state index in [1.54, 1.807) is 12.1 Å². The van der Waals surface area contributed by atoms with E-state index in [0.717, 1.165) is 11.3 Å². The van der Waals surface area contributed by atoms with Gasteiger partial charge < -0.3 is 15.4 Å². The number of amides is 1. The van der Waals surface area contributed by atoms with E-state index in [1.165, 1.54) is 6.20 Å². The van der Waals surface area contributed by atoms with Crippen molar-refractivity contribution in [1.29, 1.82) is 0 Å². The fourth-order valence-electron chi connectivity index (χ4n) is 2.52. The lowest BCUT2D eigenvalue weighted by atomic mass is 10.2. The van der Waals surface area contributed by atoms with Gasteiger partial charge in [-0.05, 0) is 56.7 Å². The summed E-state index contributed by atoms with van der Waals surface area (Å²) in [5, 5.41) is 6.58. The van der Waals surface area contributed by atoms with Gasteiger partial charge in [0.2, 0.25) is 5.95 Å². The molecule has 0 fully saturated rings. The number of carbonyl (C=O) groups excluding carboxylic acids is 1. The van der Waals surface area contributed by atoms with Crippen molar-refractivity contribution in [3.63, 3.8) is 0 Å². The van der Waals surface area contributed by atoms with E-state index in [0.29, 0.717) is 22.4 Å². The molecule has 0 saturated heterocycles. The van der Waals surface area contributed by atoms with E-state index in [9.17, 15) is 4.79 Å². The van der Waals surface area contributed by atoms with Crippen LogP contribution in [0.3, 0.4) is 0 Å². The number of carbonyl (C=O) groups is 1. The van der Waals surface area contributed by atoms with Crippen LogP contribution in [-0.4, -0.2) is 22.0 Å². The van der Waals surface area contributed by atoms with Crippen LogP contribution >= 0.6 is 11.6 Å². The highest BCUT2D eigenvalue weighted by molar-refractivity contribution is 6.31. The maximum atomic E-state index is 12.7. The SMILES string of the molecule is Cc1c(Cl)cccc1Nc1nccc(C(=O)Nc2ccccc2OC(C)C)n1. The van der Waals surface area contributed by atoms with Crippen LogP contribution in [0.4, 0.5) is 17.3 Å². The van der Waals surface area contributed by atoms with Crippen molar-refractivity contribution in [2.45, 2.75) is 26.9 Å². The average Bonchev–Trinajstić information content (AvgIpc) is 2.67. The summed E-state index contributed by atoms with van der Waals surface area (Å²) in [6.45, 7) is 5.75. The second kappa shape index (κ2) is 8.71. The van der Waals surface area contributed by atoms with Crippen LogP contribution in [0.15, 0.2) is 54.7 Å². The lowest BCUT2D eigenvalue weighted by molar-refractivity contribution is 0.102. The first-order chi connectivity index (χ1) is 13.4. The van der Waals surface area contributed by atoms with E-state index in [4.69, 9.17) is 16.3 Å². The molecule has 0 radical (unpaired) electrons. The number of aromatic nitrogens is 2. The van der Waals surface area contributed by atoms with Gasteiger partial charge in [-0.2, -0.15) is 0 Å². The molecule has 0 bridgehead atoms. The van der Waals surface area contributed by atoms with Gasteiger partial charge in [0.15, 0.2) is 0 Å². The maximum Gasteiger partial charge on any atom is 0.274 e. The highest BCUT2D eigenvalue weighted by atomic mass is 35.5. The van der Waals surface area contributed by atoms with Crippen molar-refractivity contribution in [3.05, 3.63) is 71.0 Å². The lowest BCUT2D eigenvalue weighted by Crippen LogP contribution is -2.16. The first-order valence-corrected chi connectivity index (χ1v) is 9.24. The lowest BCUT2D eigenvalue weighted by Gasteiger charge is -2.15. The van der Waals surface area contributed by atoms with Crippen molar-refractivity contribution in [1.82, 2.24) is 9.97 Å². The number of para-hydroxylation sites is 2. The number of rotatable bonds is 6. The Morgan fingerprint density at radius 3 is 2.61 bits per heavy atom. The van der Waals surface area contributed by atoms with Gasteiger partial charge in [0, 0.05) is 16.9 Å². The minimum atomic E-state index is -0.354. The summed E-state index contributed by atoms with van der Waals surface area (Å²) in [5.41, 5.74) is 2.47. The fraction of sp³-hybridized carbons (Fsp3) is 0.190. The second-order valence-corrected chi connectivity index (χ2v) is 6.83. The van der Waals surface area contributed by atoms with Gasteiger partial charge in [-0.3, -0.25) is 4.79 Å². The van der Waals surface area contributed by atoms with Crippen molar-refractivity contribution in [2.24, 2.45) is 0 Å². The molecule has 0 spiro atoms. The monoisotopic (exact) mass is 396 g/mol. The third kappa shape index (κ3) is 4.78. The molecule has 0 aliphatic rings. The van der Waals surface area contributed by atoms with E-state index >= 15 is 0 Å². The number of benzene rings is 2. The van der Waals surface area contributed by atoms with Crippen LogP contribution < -0.4 is 15.4 Å². The molecule has 0 aliphatic carbocycles. The summed E-state index contributed by atoms with van der Waals surface area (Å²) in [7, 11) is 0. The summed E-state index contributed by atoms with van der Waals surface area (Å²) in [6, 6.07) is 14.3. The quantitative estimate of drug-likeness (QED) is 0.597. The normalized spacial score (nSPS) is 10.6. The molecular weight excluding hydrogens is 376 g/mol.